The average molecular weight is 492 g/mol. The Morgan fingerprint density at radius 2 is 1.54 bits per heavy atom. The summed E-state index contributed by atoms with van der Waals surface area (Å²) in [6.07, 6.45) is 0.120. The van der Waals surface area contributed by atoms with E-state index in [0.717, 1.165) is 44.0 Å². The van der Waals surface area contributed by atoms with Crippen LogP contribution in [0.15, 0.2) is 78.9 Å². The molecule has 1 atom stereocenters. The lowest BCUT2D eigenvalue weighted by atomic mass is 10.0. The molecule has 182 valence electrons. The van der Waals surface area contributed by atoms with Gasteiger partial charge in [-0.1, -0.05) is 78.3 Å². The molecule has 1 aliphatic heterocycles. The van der Waals surface area contributed by atoms with E-state index in [4.69, 9.17) is 16.3 Å². The molecule has 1 saturated heterocycles. The molecule has 1 aliphatic rings. The molecule has 7 heteroatoms. The highest BCUT2D eigenvalue weighted by Gasteiger charge is 2.20. The van der Waals surface area contributed by atoms with Gasteiger partial charge in [0, 0.05) is 26.2 Å². The summed E-state index contributed by atoms with van der Waals surface area (Å²) in [6, 6.07) is 24.2. The van der Waals surface area contributed by atoms with Crippen molar-refractivity contribution in [3.63, 3.8) is 0 Å². The number of morpholine rings is 1. The van der Waals surface area contributed by atoms with Gasteiger partial charge in [0.1, 0.15) is 0 Å². The first-order valence-corrected chi connectivity index (χ1v) is 12.2. The molecule has 2 N–H and O–H groups in total. The van der Waals surface area contributed by atoms with Crippen molar-refractivity contribution in [2.75, 3.05) is 26.3 Å². The van der Waals surface area contributed by atoms with Crippen LogP contribution in [0.25, 0.3) is 0 Å². The Hall–Kier alpha value is -3.19. The zero-order valence-electron chi connectivity index (χ0n) is 19.6. The number of halogens is 1. The van der Waals surface area contributed by atoms with Crippen molar-refractivity contribution in [1.29, 1.82) is 0 Å². The standard InChI is InChI=1S/C28H30ClN3O3/c29-25-9-5-4-8-24(25)28(34)31-26(23-6-2-1-3-7-23)18-27(33)30-19-21-10-12-22(13-11-21)20-32-14-16-35-17-15-32/h1-13,26H,14-20H2,(H,30,33)(H,31,34)/t26-/m0/s1. The molecule has 2 amide bonds. The van der Waals surface area contributed by atoms with Crippen LogP contribution in [0, 0.1) is 0 Å². The first kappa shape index (κ1) is 24.9. The molecule has 0 spiro atoms. The molecular weight excluding hydrogens is 462 g/mol. The zero-order valence-corrected chi connectivity index (χ0v) is 20.3. The van der Waals surface area contributed by atoms with E-state index in [1.54, 1.807) is 24.3 Å². The number of nitrogens with one attached hydrogen (secondary N) is 2. The molecule has 6 nitrogen and oxygen atoms in total. The molecule has 4 rings (SSSR count). The maximum atomic E-state index is 12.8. The van der Waals surface area contributed by atoms with E-state index in [2.05, 4.69) is 27.7 Å². The van der Waals surface area contributed by atoms with Crippen molar-refractivity contribution in [1.82, 2.24) is 15.5 Å². The van der Waals surface area contributed by atoms with Crippen LogP contribution in [0.5, 0.6) is 0 Å². The highest BCUT2D eigenvalue weighted by molar-refractivity contribution is 6.33. The highest BCUT2D eigenvalue weighted by Crippen LogP contribution is 2.20. The predicted molar refractivity (Wildman–Crippen MR) is 137 cm³/mol. The van der Waals surface area contributed by atoms with E-state index >= 15 is 0 Å². The largest absolute Gasteiger partial charge is 0.379 e. The Bertz CT molecular complexity index is 1120. The van der Waals surface area contributed by atoms with Crippen LogP contribution in [-0.4, -0.2) is 43.0 Å². The van der Waals surface area contributed by atoms with E-state index in [0.29, 0.717) is 17.1 Å². The van der Waals surface area contributed by atoms with Gasteiger partial charge in [-0.15, -0.1) is 0 Å². The topological polar surface area (TPSA) is 70.7 Å². The fourth-order valence-electron chi connectivity index (χ4n) is 4.06. The van der Waals surface area contributed by atoms with Crippen molar-refractivity contribution < 1.29 is 14.3 Å². The molecule has 3 aromatic rings. The molecule has 0 unspecified atom stereocenters. The summed E-state index contributed by atoms with van der Waals surface area (Å²) < 4.78 is 5.40. The van der Waals surface area contributed by atoms with E-state index in [-0.39, 0.29) is 18.2 Å². The molecule has 0 bridgehead atoms. The second-order valence-electron chi connectivity index (χ2n) is 8.60. The van der Waals surface area contributed by atoms with E-state index < -0.39 is 6.04 Å². The molecule has 3 aromatic carbocycles. The summed E-state index contributed by atoms with van der Waals surface area (Å²) in [5.74, 6) is -0.455. The maximum Gasteiger partial charge on any atom is 0.253 e. The Morgan fingerprint density at radius 3 is 2.26 bits per heavy atom. The molecule has 1 fully saturated rings. The first-order valence-electron chi connectivity index (χ1n) is 11.8. The third-order valence-corrected chi connectivity index (χ3v) is 6.37. The van der Waals surface area contributed by atoms with Gasteiger partial charge in [-0.05, 0) is 28.8 Å². The highest BCUT2D eigenvalue weighted by atomic mass is 35.5. The number of carbonyl (C=O) groups is 2. The van der Waals surface area contributed by atoms with Gasteiger partial charge in [-0.2, -0.15) is 0 Å². The van der Waals surface area contributed by atoms with E-state index in [1.165, 1.54) is 5.56 Å². The lowest BCUT2D eigenvalue weighted by Crippen LogP contribution is -2.35. The van der Waals surface area contributed by atoms with Gasteiger partial charge in [0.25, 0.3) is 5.91 Å². The lowest BCUT2D eigenvalue weighted by molar-refractivity contribution is -0.121. The van der Waals surface area contributed by atoms with Gasteiger partial charge >= 0.3 is 0 Å². The maximum absolute atomic E-state index is 12.8. The molecule has 35 heavy (non-hydrogen) atoms. The summed E-state index contributed by atoms with van der Waals surface area (Å²) in [5.41, 5.74) is 3.51. The summed E-state index contributed by atoms with van der Waals surface area (Å²) >= 11 is 6.19. The minimum atomic E-state index is -0.476. The number of ether oxygens (including phenoxy) is 1. The van der Waals surface area contributed by atoms with E-state index in [9.17, 15) is 9.59 Å². The van der Waals surface area contributed by atoms with Gasteiger partial charge in [-0.25, -0.2) is 0 Å². The molecular formula is C28H30ClN3O3. The number of amides is 2. The molecule has 1 heterocycles. The first-order chi connectivity index (χ1) is 17.1. The Labute approximate surface area is 211 Å². The van der Waals surface area contributed by atoms with Crippen molar-refractivity contribution in [2.45, 2.75) is 25.6 Å². The van der Waals surface area contributed by atoms with Crippen LogP contribution in [0.4, 0.5) is 0 Å². The van der Waals surface area contributed by atoms with Gasteiger partial charge < -0.3 is 15.4 Å². The minimum absolute atomic E-state index is 0.120. The van der Waals surface area contributed by atoms with Crippen molar-refractivity contribution >= 4 is 23.4 Å². The van der Waals surface area contributed by atoms with Gasteiger partial charge in [0.15, 0.2) is 0 Å². The minimum Gasteiger partial charge on any atom is -0.379 e. The molecule has 0 saturated carbocycles. The SMILES string of the molecule is O=C(C[C@H](NC(=O)c1ccccc1Cl)c1ccccc1)NCc1ccc(CN2CCOCC2)cc1. The van der Waals surface area contributed by atoms with Gasteiger partial charge in [0.2, 0.25) is 5.91 Å². The van der Waals surface area contributed by atoms with Crippen LogP contribution < -0.4 is 10.6 Å². The third-order valence-electron chi connectivity index (χ3n) is 6.04. The lowest BCUT2D eigenvalue weighted by Gasteiger charge is -2.26. The zero-order chi connectivity index (χ0) is 24.5. The van der Waals surface area contributed by atoms with Crippen molar-refractivity contribution in [2.24, 2.45) is 0 Å². The fraction of sp³-hybridized carbons (Fsp3) is 0.286. The second-order valence-corrected chi connectivity index (χ2v) is 9.01. The summed E-state index contributed by atoms with van der Waals surface area (Å²) in [7, 11) is 0. The monoisotopic (exact) mass is 491 g/mol. The van der Waals surface area contributed by atoms with Crippen LogP contribution in [-0.2, 0) is 22.6 Å². The predicted octanol–water partition coefficient (Wildman–Crippen LogP) is 4.35. The summed E-state index contributed by atoms with van der Waals surface area (Å²) in [4.78, 5) is 28.0. The number of hydrogen-bond donors (Lipinski definition) is 2. The van der Waals surface area contributed by atoms with Crippen molar-refractivity contribution in [3.8, 4) is 0 Å². The van der Waals surface area contributed by atoms with Gasteiger partial charge in [-0.3, -0.25) is 14.5 Å². The Kier molecular flexibility index (Phi) is 8.90. The number of benzene rings is 3. The van der Waals surface area contributed by atoms with Crippen LogP contribution >= 0.6 is 11.6 Å². The Balaban J connectivity index is 1.33. The summed E-state index contributed by atoms with van der Waals surface area (Å²) in [6.45, 7) is 4.80. The van der Waals surface area contributed by atoms with Crippen LogP contribution in [0.2, 0.25) is 5.02 Å². The van der Waals surface area contributed by atoms with Crippen LogP contribution in [0.1, 0.15) is 39.5 Å². The number of carbonyl (C=O) groups excluding carboxylic acids is 2. The van der Waals surface area contributed by atoms with Crippen LogP contribution in [0.3, 0.4) is 0 Å². The Morgan fingerprint density at radius 1 is 0.886 bits per heavy atom. The number of hydrogen-bond acceptors (Lipinski definition) is 4. The average Bonchev–Trinajstić information content (AvgIpc) is 2.89. The molecule has 0 aromatic heterocycles. The van der Waals surface area contributed by atoms with Gasteiger partial charge in [0.05, 0.1) is 36.3 Å². The fourth-order valence-corrected chi connectivity index (χ4v) is 4.28. The summed E-state index contributed by atoms with van der Waals surface area (Å²) in [5, 5.41) is 6.32. The molecule has 0 radical (unpaired) electrons. The van der Waals surface area contributed by atoms with E-state index in [1.807, 2.05) is 42.5 Å². The number of nitrogens with zero attached hydrogens (tertiary/aromatic N) is 1. The quantitative estimate of drug-likeness (QED) is 0.467. The van der Waals surface area contributed by atoms with Crippen molar-refractivity contribution in [3.05, 3.63) is 106 Å². The normalized spacial score (nSPS) is 14.8. The second kappa shape index (κ2) is 12.5. The number of rotatable bonds is 9. The third kappa shape index (κ3) is 7.39. The molecule has 0 aliphatic carbocycles. The smallest absolute Gasteiger partial charge is 0.253 e.